The predicted octanol–water partition coefficient (Wildman–Crippen LogP) is 3.12. The van der Waals surface area contributed by atoms with Gasteiger partial charge in [-0.25, -0.2) is 13.2 Å². The van der Waals surface area contributed by atoms with Crippen LogP contribution in [0.3, 0.4) is 0 Å². The van der Waals surface area contributed by atoms with E-state index in [9.17, 15) is 18.0 Å². The fourth-order valence-corrected chi connectivity index (χ4v) is 4.96. The van der Waals surface area contributed by atoms with Crippen molar-refractivity contribution >= 4 is 44.6 Å². The van der Waals surface area contributed by atoms with Crippen molar-refractivity contribution in [2.24, 2.45) is 0 Å². The van der Waals surface area contributed by atoms with Gasteiger partial charge in [0.25, 0.3) is 15.9 Å². The first kappa shape index (κ1) is 21.7. The highest BCUT2D eigenvalue weighted by atomic mass is 32.2. The summed E-state index contributed by atoms with van der Waals surface area (Å²) in [6.45, 7) is 0.316. The van der Waals surface area contributed by atoms with E-state index in [4.69, 9.17) is 14.2 Å². The molecule has 4 rings (SSSR count). The van der Waals surface area contributed by atoms with Crippen molar-refractivity contribution < 1.29 is 32.2 Å². The lowest BCUT2D eigenvalue weighted by atomic mass is 10.2. The standard InChI is InChI=1S/C21H18N2O7S2/c24-19(22-14-7-8-17-18(12-14)29-10-9-28-17)13-30-21(25)15-4-1-2-5-16(15)23-32(26,27)20-6-3-11-31-20/h1-8,11-12,23H,9-10,13H2,(H,22,24). The number of amides is 1. The van der Waals surface area contributed by atoms with Crippen LogP contribution in [0.15, 0.2) is 64.2 Å². The zero-order valence-corrected chi connectivity index (χ0v) is 18.2. The maximum Gasteiger partial charge on any atom is 0.340 e. The number of rotatable bonds is 7. The number of fused-ring (bicyclic) bond motifs is 1. The number of carbonyl (C=O) groups excluding carboxylic acids is 2. The van der Waals surface area contributed by atoms with Crippen molar-refractivity contribution in [3.05, 3.63) is 65.5 Å². The van der Waals surface area contributed by atoms with Gasteiger partial charge in [-0.05, 0) is 35.7 Å². The average Bonchev–Trinajstić information content (AvgIpc) is 3.34. The topological polar surface area (TPSA) is 120 Å². The Morgan fingerprint density at radius 1 is 1.00 bits per heavy atom. The summed E-state index contributed by atoms with van der Waals surface area (Å²) in [6, 6.07) is 14.0. The molecular weight excluding hydrogens is 456 g/mol. The smallest absolute Gasteiger partial charge is 0.340 e. The number of nitrogens with one attached hydrogen (secondary N) is 2. The number of anilines is 2. The molecule has 2 aromatic carbocycles. The van der Waals surface area contributed by atoms with E-state index in [-0.39, 0.29) is 15.5 Å². The molecule has 1 amide bonds. The number of thiophene rings is 1. The minimum Gasteiger partial charge on any atom is -0.486 e. The maximum absolute atomic E-state index is 12.5. The van der Waals surface area contributed by atoms with Gasteiger partial charge in [-0.3, -0.25) is 9.52 Å². The number of hydrogen-bond donors (Lipinski definition) is 2. The number of para-hydroxylation sites is 1. The van der Waals surface area contributed by atoms with Crippen molar-refractivity contribution in [2.45, 2.75) is 4.21 Å². The van der Waals surface area contributed by atoms with Crippen LogP contribution in [0.4, 0.5) is 11.4 Å². The fraction of sp³-hybridized carbons (Fsp3) is 0.143. The molecule has 0 radical (unpaired) electrons. The summed E-state index contributed by atoms with van der Waals surface area (Å²) in [7, 11) is -3.85. The van der Waals surface area contributed by atoms with E-state index in [1.165, 1.54) is 18.2 Å². The average molecular weight is 475 g/mol. The summed E-state index contributed by atoms with van der Waals surface area (Å²) in [5.74, 6) is -0.307. The lowest BCUT2D eigenvalue weighted by molar-refractivity contribution is -0.119. The van der Waals surface area contributed by atoms with Gasteiger partial charge in [0.15, 0.2) is 18.1 Å². The third-order valence-corrected chi connectivity index (χ3v) is 7.07. The monoisotopic (exact) mass is 474 g/mol. The molecule has 166 valence electrons. The summed E-state index contributed by atoms with van der Waals surface area (Å²) in [4.78, 5) is 24.7. The molecule has 1 aromatic heterocycles. The van der Waals surface area contributed by atoms with Crippen LogP contribution in [-0.4, -0.2) is 40.1 Å². The number of carbonyl (C=O) groups is 2. The van der Waals surface area contributed by atoms with Crippen molar-refractivity contribution in [2.75, 3.05) is 29.9 Å². The van der Waals surface area contributed by atoms with E-state index >= 15 is 0 Å². The largest absolute Gasteiger partial charge is 0.486 e. The number of esters is 1. The van der Waals surface area contributed by atoms with Crippen LogP contribution >= 0.6 is 11.3 Å². The quantitative estimate of drug-likeness (QED) is 0.505. The van der Waals surface area contributed by atoms with Gasteiger partial charge >= 0.3 is 5.97 Å². The molecule has 1 aliphatic heterocycles. The predicted molar refractivity (Wildman–Crippen MR) is 118 cm³/mol. The number of hydrogen-bond acceptors (Lipinski definition) is 8. The molecule has 3 aromatic rings. The van der Waals surface area contributed by atoms with Gasteiger partial charge in [0, 0.05) is 11.8 Å². The molecular formula is C21H18N2O7S2. The third-order valence-electron chi connectivity index (χ3n) is 4.31. The van der Waals surface area contributed by atoms with Crippen LogP contribution in [0.5, 0.6) is 11.5 Å². The molecule has 1 aliphatic rings. The van der Waals surface area contributed by atoms with Crippen LogP contribution in [0.1, 0.15) is 10.4 Å². The van der Waals surface area contributed by atoms with E-state index in [0.717, 1.165) is 11.3 Å². The van der Waals surface area contributed by atoms with E-state index in [1.807, 2.05) is 0 Å². The summed E-state index contributed by atoms with van der Waals surface area (Å²) in [5.41, 5.74) is 0.498. The van der Waals surface area contributed by atoms with Crippen LogP contribution in [0.2, 0.25) is 0 Å². The van der Waals surface area contributed by atoms with Crippen LogP contribution < -0.4 is 19.5 Å². The molecule has 0 spiro atoms. The first-order chi connectivity index (χ1) is 15.4. The summed E-state index contributed by atoms with van der Waals surface area (Å²) < 4.78 is 43.4. The van der Waals surface area contributed by atoms with Gasteiger partial charge in [0.2, 0.25) is 0 Å². The second kappa shape index (κ2) is 9.28. The normalized spacial score (nSPS) is 12.6. The third kappa shape index (κ3) is 5.01. The minimum atomic E-state index is -3.85. The molecule has 2 heterocycles. The Labute approximate surface area is 188 Å². The summed E-state index contributed by atoms with van der Waals surface area (Å²) >= 11 is 1.05. The van der Waals surface area contributed by atoms with E-state index in [1.54, 1.807) is 41.8 Å². The molecule has 9 nitrogen and oxygen atoms in total. The number of benzene rings is 2. The van der Waals surface area contributed by atoms with E-state index in [2.05, 4.69) is 10.0 Å². The van der Waals surface area contributed by atoms with Gasteiger partial charge in [0.1, 0.15) is 17.4 Å². The fourth-order valence-electron chi connectivity index (χ4n) is 2.89. The second-order valence-corrected chi connectivity index (χ2v) is 9.42. The van der Waals surface area contributed by atoms with Crippen molar-refractivity contribution in [1.82, 2.24) is 0 Å². The van der Waals surface area contributed by atoms with Crippen LogP contribution in [0, 0.1) is 0 Å². The van der Waals surface area contributed by atoms with Gasteiger partial charge in [-0.15, -0.1) is 11.3 Å². The zero-order valence-electron chi connectivity index (χ0n) is 16.6. The minimum absolute atomic E-state index is 0.0141. The first-order valence-electron chi connectivity index (χ1n) is 9.44. The van der Waals surface area contributed by atoms with Crippen molar-refractivity contribution in [3.63, 3.8) is 0 Å². The molecule has 0 saturated carbocycles. The molecule has 0 aliphatic carbocycles. The van der Waals surface area contributed by atoms with Gasteiger partial charge in [-0.2, -0.15) is 0 Å². The SMILES string of the molecule is O=C(COC(=O)c1ccccc1NS(=O)(=O)c1cccs1)Nc1ccc2c(c1)OCCO2. The Kier molecular flexibility index (Phi) is 6.28. The highest BCUT2D eigenvalue weighted by Gasteiger charge is 2.21. The highest BCUT2D eigenvalue weighted by molar-refractivity contribution is 7.94. The maximum atomic E-state index is 12.5. The lowest BCUT2D eigenvalue weighted by Crippen LogP contribution is -2.22. The Hall–Kier alpha value is -3.57. The molecule has 0 saturated heterocycles. The van der Waals surface area contributed by atoms with E-state index < -0.39 is 28.5 Å². The summed E-state index contributed by atoms with van der Waals surface area (Å²) in [6.07, 6.45) is 0. The van der Waals surface area contributed by atoms with Gasteiger partial charge in [0.05, 0.1) is 11.3 Å². The Morgan fingerprint density at radius 2 is 1.78 bits per heavy atom. The Morgan fingerprint density at radius 3 is 2.56 bits per heavy atom. The van der Waals surface area contributed by atoms with Gasteiger partial charge < -0.3 is 19.5 Å². The van der Waals surface area contributed by atoms with Crippen molar-refractivity contribution in [1.29, 1.82) is 0 Å². The molecule has 0 bridgehead atoms. The molecule has 0 atom stereocenters. The lowest BCUT2D eigenvalue weighted by Gasteiger charge is -2.19. The zero-order chi connectivity index (χ0) is 22.6. The molecule has 0 fully saturated rings. The molecule has 2 N–H and O–H groups in total. The Bertz CT molecular complexity index is 1240. The van der Waals surface area contributed by atoms with Crippen LogP contribution in [0.25, 0.3) is 0 Å². The van der Waals surface area contributed by atoms with E-state index in [0.29, 0.717) is 30.4 Å². The van der Waals surface area contributed by atoms with Crippen molar-refractivity contribution in [3.8, 4) is 11.5 Å². The second-order valence-electron chi connectivity index (χ2n) is 6.57. The molecule has 0 unspecified atom stereocenters. The highest BCUT2D eigenvalue weighted by Crippen LogP contribution is 2.32. The number of ether oxygens (including phenoxy) is 3. The summed E-state index contributed by atoms with van der Waals surface area (Å²) in [5, 5.41) is 4.24. The number of sulfonamides is 1. The molecule has 32 heavy (non-hydrogen) atoms. The first-order valence-corrected chi connectivity index (χ1v) is 11.8. The molecule has 11 heteroatoms. The van der Waals surface area contributed by atoms with Crippen LogP contribution in [-0.2, 0) is 19.6 Å². The van der Waals surface area contributed by atoms with Gasteiger partial charge in [-0.1, -0.05) is 18.2 Å². The Balaban J connectivity index is 1.39.